The van der Waals surface area contributed by atoms with E-state index in [2.05, 4.69) is 26.1 Å². The van der Waals surface area contributed by atoms with E-state index in [-0.39, 0.29) is 23.4 Å². The van der Waals surface area contributed by atoms with E-state index < -0.39 is 5.54 Å². The first-order valence-electron chi connectivity index (χ1n) is 11.4. The number of nitrogens with zero attached hydrogens (tertiary/aromatic N) is 1. The van der Waals surface area contributed by atoms with Gasteiger partial charge in [0.2, 0.25) is 0 Å². The monoisotopic (exact) mass is 430 g/mol. The summed E-state index contributed by atoms with van der Waals surface area (Å²) in [5, 5.41) is 3.10. The molecule has 1 saturated carbocycles. The smallest absolute Gasteiger partial charge is 0.329 e. The third-order valence-electron chi connectivity index (χ3n) is 7.28. The van der Waals surface area contributed by atoms with Crippen molar-refractivity contribution in [2.75, 3.05) is 27.4 Å². The van der Waals surface area contributed by atoms with E-state index in [9.17, 15) is 9.59 Å². The van der Waals surface area contributed by atoms with Gasteiger partial charge in [-0.3, -0.25) is 4.79 Å². The number of rotatable bonds is 5. The molecule has 7 nitrogen and oxygen atoms in total. The number of hydrogen-bond acceptors (Lipinski definition) is 4. The Kier molecular flexibility index (Phi) is 5.66. The van der Waals surface area contributed by atoms with E-state index in [1.54, 1.807) is 14.2 Å². The number of likely N-dealkylation sites (tertiary alicyclic amines) is 1. The average Bonchev–Trinajstić information content (AvgIpc) is 3.24. The lowest BCUT2D eigenvalue weighted by Gasteiger charge is -2.43. The quantitative estimate of drug-likeness (QED) is 0.704. The van der Waals surface area contributed by atoms with Crippen molar-refractivity contribution >= 4 is 11.9 Å². The van der Waals surface area contributed by atoms with Crippen LogP contribution in [-0.2, 0) is 4.79 Å². The van der Waals surface area contributed by atoms with Crippen LogP contribution in [0, 0.1) is 11.3 Å². The molecule has 2 N–H and O–H groups in total. The highest BCUT2D eigenvalue weighted by molar-refractivity contribution is 6.07. The number of urea groups is 1. The summed E-state index contributed by atoms with van der Waals surface area (Å²) in [4.78, 5) is 29.2. The second-order valence-corrected chi connectivity index (χ2v) is 10.5. The van der Waals surface area contributed by atoms with Crippen molar-refractivity contribution < 1.29 is 24.0 Å². The van der Waals surface area contributed by atoms with Crippen molar-refractivity contribution in [2.45, 2.75) is 64.5 Å². The van der Waals surface area contributed by atoms with Gasteiger partial charge in [0.1, 0.15) is 23.1 Å². The molecule has 3 amide bonds. The van der Waals surface area contributed by atoms with Crippen LogP contribution in [0.15, 0.2) is 18.2 Å². The molecular formula is C24H36N3O4+. The van der Waals surface area contributed by atoms with E-state index >= 15 is 0 Å². The molecule has 2 heterocycles. The van der Waals surface area contributed by atoms with Gasteiger partial charge in [0, 0.05) is 12.8 Å². The molecule has 2 saturated heterocycles. The molecule has 31 heavy (non-hydrogen) atoms. The topological polar surface area (TPSA) is 72.3 Å². The van der Waals surface area contributed by atoms with Crippen LogP contribution in [0.4, 0.5) is 4.79 Å². The Hall–Kier alpha value is -2.28. The van der Waals surface area contributed by atoms with Crippen molar-refractivity contribution in [3.63, 3.8) is 0 Å². The standard InChI is InChI=1S/C24H35N3O4/c1-16-12-23(2,3)14-24(13-16)21(28)27(22(29)25-24)15-26-10-6-7-19(26)18-11-17(30-4)8-9-20(18)31-5/h8-9,11,16,19H,6-7,10,12-15H2,1-5H3,(H,25,29)/p+1/t16-,19-,24+/m1/s1. The summed E-state index contributed by atoms with van der Waals surface area (Å²) in [6.45, 7) is 7.87. The molecule has 1 aromatic rings. The number of carbonyl (C=O) groups is 2. The zero-order valence-corrected chi connectivity index (χ0v) is 19.4. The number of quaternary nitrogens is 1. The van der Waals surface area contributed by atoms with Crippen molar-refractivity contribution in [2.24, 2.45) is 11.3 Å². The van der Waals surface area contributed by atoms with Gasteiger partial charge in [-0.1, -0.05) is 20.8 Å². The van der Waals surface area contributed by atoms with Crippen LogP contribution in [0.5, 0.6) is 11.5 Å². The van der Waals surface area contributed by atoms with Crippen molar-refractivity contribution in [1.82, 2.24) is 10.2 Å². The zero-order chi connectivity index (χ0) is 22.4. The maximum absolute atomic E-state index is 13.6. The largest absolute Gasteiger partial charge is 0.497 e. The number of carbonyl (C=O) groups excluding carboxylic acids is 2. The number of hydrogen-bond donors (Lipinski definition) is 2. The highest BCUT2D eigenvalue weighted by Crippen LogP contribution is 2.46. The molecule has 1 aliphatic carbocycles. The van der Waals surface area contributed by atoms with Crippen LogP contribution in [0.1, 0.15) is 64.5 Å². The fraction of sp³-hybridized carbons (Fsp3) is 0.667. The highest BCUT2D eigenvalue weighted by Gasteiger charge is 2.57. The van der Waals surface area contributed by atoms with E-state index in [1.165, 1.54) is 9.80 Å². The SMILES string of the molecule is COc1ccc(OC)c([C@H]2CCC[NH+]2CN2C(=O)N[C@]3(C[C@H](C)CC(C)(C)C3)C2=O)c1. The van der Waals surface area contributed by atoms with Crippen LogP contribution in [-0.4, -0.2) is 49.8 Å². The summed E-state index contributed by atoms with van der Waals surface area (Å²) in [5.41, 5.74) is 0.359. The first kappa shape index (κ1) is 21.9. The Morgan fingerprint density at radius 3 is 2.65 bits per heavy atom. The van der Waals surface area contributed by atoms with Crippen molar-refractivity contribution in [1.29, 1.82) is 0 Å². The molecule has 4 rings (SSSR count). The molecule has 3 fully saturated rings. The Bertz CT molecular complexity index is 870. The number of imide groups is 1. The highest BCUT2D eigenvalue weighted by atomic mass is 16.5. The van der Waals surface area contributed by atoms with Gasteiger partial charge in [0.15, 0.2) is 6.67 Å². The maximum Gasteiger partial charge on any atom is 0.329 e. The molecule has 0 bridgehead atoms. The van der Waals surface area contributed by atoms with Gasteiger partial charge >= 0.3 is 6.03 Å². The summed E-state index contributed by atoms with van der Waals surface area (Å²) >= 11 is 0. The zero-order valence-electron chi connectivity index (χ0n) is 19.4. The van der Waals surface area contributed by atoms with Crippen molar-refractivity contribution in [3.8, 4) is 11.5 Å². The van der Waals surface area contributed by atoms with Gasteiger partial charge in [-0.05, 0) is 48.8 Å². The van der Waals surface area contributed by atoms with Gasteiger partial charge in [-0.2, -0.15) is 0 Å². The number of amides is 3. The molecule has 2 aliphatic heterocycles. The number of benzene rings is 1. The predicted molar refractivity (Wildman–Crippen MR) is 117 cm³/mol. The fourth-order valence-electron chi connectivity index (χ4n) is 6.44. The lowest BCUT2D eigenvalue weighted by atomic mass is 9.64. The molecule has 0 aromatic heterocycles. The minimum absolute atomic E-state index is 0.0353. The van der Waals surface area contributed by atoms with E-state index in [0.717, 1.165) is 49.3 Å². The molecule has 4 atom stereocenters. The number of ether oxygens (including phenoxy) is 2. The first-order chi connectivity index (χ1) is 14.7. The van der Waals surface area contributed by atoms with Gasteiger partial charge < -0.3 is 19.7 Å². The van der Waals surface area contributed by atoms with E-state index in [1.807, 2.05) is 18.2 Å². The molecule has 3 aliphatic rings. The molecule has 7 heteroatoms. The minimum Gasteiger partial charge on any atom is -0.497 e. The third kappa shape index (κ3) is 4.00. The third-order valence-corrected chi connectivity index (χ3v) is 7.28. The van der Waals surface area contributed by atoms with Gasteiger partial charge in [-0.15, -0.1) is 0 Å². The minimum atomic E-state index is -0.749. The Morgan fingerprint density at radius 2 is 1.97 bits per heavy atom. The van der Waals surface area contributed by atoms with Gasteiger partial charge in [0.05, 0.1) is 26.3 Å². The van der Waals surface area contributed by atoms with Gasteiger partial charge in [0.25, 0.3) is 5.91 Å². The summed E-state index contributed by atoms with van der Waals surface area (Å²) in [6, 6.07) is 5.75. The van der Waals surface area contributed by atoms with Gasteiger partial charge in [-0.25, -0.2) is 9.69 Å². The summed E-state index contributed by atoms with van der Waals surface area (Å²) in [6.07, 6.45) is 4.53. The number of methoxy groups -OCH3 is 2. The van der Waals surface area contributed by atoms with E-state index in [4.69, 9.17) is 9.47 Å². The van der Waals surface area contributed by atoms with E-state index in [0.29, 0.717) is 19.0 Å². The van der Waals surface area contributed by atoms with Crippen LogP contribution in [0.2, 0.25) is 0 Å². The maximum atomic E-state index is 13.6. The molecule has 1 unspecified atom stereocenters. The summed E-state index contributed by atoms with van der Waals surface area (Å²) < 4.78 is 11.0. The molecule has 1 aromatic carbocycles. The summed E-state index contributed by atoms with van der Waals surface area (Å²) in [5.74, 6) is 1.96. The second-order valence-electron chi connectivity index (χ2n) is 10.5. The molecule has 1 spiro atoms. The fourth-order valence-corrected chi connectivity index (χ4v) is 6.44. The summed E-state index contributed by atoms with van der Waals surface area (Å²) in [7, 11) is 3.33. The Balaban J connectivity index is 1.56. The van der Waals surface area contributed by atoms with Crippen LogP contribution in [0.3, 0.4) is 0 Å². The first-order valence-corrected chi connectivity index (χ1v) is 11.4. The average molecular weight is 431 g/mol. The predicted octanol–water partition coefficient (Wildman–Crippen LogP) is 2.52. The second kappa shape index (κ2) is 8.01. The molecular weight excluding hydrogens is 394 g/mol. The lowest BCUT2D eigenvalue weighted by Crippen LogP contribution is -3.12. The normalized spacial score (nSPS) is 32.4. The molecule has 0 radical (unpaired) electrons. The lowest BCUT2D eigenvalue weighted by molar-refractivity contribution is -0.925. The number of nitrogens with one attached hydrogen (secondary N) is 2. The van der Waals surface area contributed by atoms with Crippen LogP contribution in [0.25, 0.3) is 0 Å². The Morgan fingerprint density at radius 1 is 1.19 bits per heavy atom. The van der Waals surface area contributed by atoms with Crippen LogP contribution >= 0.6 is 0 Å². The van der Waals surface area contributed by atoms with Crippen molar-refractivity contribution in [3.05, 3.63) is 23.8 Å². The Labute approximate surface area is 185 Å². The van der Waals surface area contributed by atoms with Crippen LogP contribution < -0.4 is 19.7 Å². The molecule has 170 valence electrons.